The highest BCUT2D eigenvalue weighted by Crippen LogP contribution is 2.12. The molecule has 1 heterocycles. The van der Waals surface area contributed by atoms with Crippen LogP contribution in [0.25, 0.3) is 0 Å². The fourth-order valence-electron chi connectivity index (χ4n) is 1.59. The van der Waals surface area contributed by atoms with Crippen molar-refractivity contribution in [2.24, 2.45) is 0 Å². The Morgan fingerprint density at radius 1 is 1.28 bits per heavy atom. The van der Waals surface area contributed by atoms with Gasteiger partial charge < -0.3 is 9.88 Å². The third-order valence-electron chi connectivity index (χ3n) is 2.60. The minimum Gasteiger partial charge on any atom is -0.311 e. The van der Waals surface area contributed by atoms with E-state index in [9.17, 15) is 9.59 Å². The Kier molecular flexibility index (Phi) is 3.23. The first-order chi connectivity index (χ1) is 8.59. The van der Waals surface area contributed by atoms with Crippen LogP contribution in [-0.2, 0) is 0 Å². The van der Waals surface area contributed by atoms with E-state index in [0.29, 0.717) is 5.82 Å². The van der Waals surface area contributed by atoms with Crippen molar-refractivity contribution in [3.63, 3.8) is 0 Å². The number of carbonyl (C=O) groups excluding carboxylic acids is 1. The van der Waals surface area contributed by atoms with Crippen LogP contribution in [0, 0.1) is 6.92 Å². The molecule has 2 rings (SSSR count). The van der Waals surface area contributed by atoms with Crippen molar-refractivity contribution >= 4 is 11.6 Å². The van der Waals surface area contributed by atoms with E-state index in [0.717, 1.165) is 5.69 Å². The number of aromatic nitrogens is 2. The minimum atomic E-state index is -0.421. The molecular weight excluding hydrogens is 230 g/mol. The molecule has 0 spiro atoms. The highest BCUT2D eigenvalue weighted by Gasteiger charge is 2.17. The summed E-state index contributed by atoms with van der Waals surface area (Å²) in [5.74, 6) is 0.105. The number of rotatable bonds is 2. The second kappa shape index (κ2) is 4.83. The van der Waals surface area contributed by atoms with Crippen molar-refractivity contribution in [3.05, 3.63) is 58.3 Å². The number of para-hydroxylation sites is 1. The zero-order valence-electron chi connectivity index (χ0n) is 10.2. The third kappa shape index (κ3) is 2.29. The van der Waals surface area contributed by atoms with Crippen molar-refractivity contribution in [2.45, 2.75) is 6.92 Å². The van der Waals surface area contributed by atoms with Crippen LogP contribution in [0.1, 0.15) is 16.2 Å². The van der Waals surface area contributed by atoms with Crippen LogP contribution in [-0.4, -0.2) is 22.9 Å². The third-order valence-corrected chi connectivity index (χ3v) is 2.60. The molecule has 0 atom stereocenters. The lowest BCUT2D eigenvalue weighted by atomic mass is 10.2. The van der Waals surface area contributed by atoms with Crippen LogP contribution in [0.3, 0.4) is 0 Å². The van der Waals surface area contributed by atoms with E-state index in [1.54, 1.807) is 26.1 Å². The average molecular weight is 243 g/mol. The summed E-state index contributed by atoms with van der Waals surface area (Å²) >= 11 is 0. The number of benzene rings is 1. The molecule has 0 saturated heterocycles. The molecule has 0 aliphatic carbocycles. The Morgan fingerprint density at radius 2 is 1.94 bits per heavy atom. The van der Waals surface area contributed by atoms with Gasteiger partial charge in [0.25, 0.3) is 11.5 Å². The van der Waals surface area contributed by atoms with Crippen LogP contribution >= 0.6 is 0 Å². The SMILES string of the molecule is Cc1ncc(C(=O)N(C)c2ccccc2)c(=O)[nH]1. The van der Waals surface area contributed by atoms with Gasteiger partial charge in [0, 0.05) is 18.9 Å². The highest BCUT2D eigenvalue weighted by atomic mass is 16.2. The number of amides is 1. The quantitative estimate of drug-likeness (QED) is 0.866. The van der Waals surface area contributed by atoms with Gasteiger partial charge in [0.2, 0.25) is 0 Å². The minimum absolute atomic E-state index is 0.0342. The zero-order chi connectivity index (χ0) is 13.1. The van der Waals surface area contributed by atoms with Crippen molar-refractivity contribution in [1.29, 1.82) is 0 Å². The van der Waals surface area contributed by atoms with Crippen molar-refractivity contribution < 1.29 is 4.79 Å². The lowest BCUT2D eigenvalue weighted by Gasteiger charge is -2.16. The van der Waals surface area contributed by atoms with Gasteiger partial charge in [-0.25, -0.2) is 4.98 Å². The summed E-state index contributed by atoms with van der Waals surface area (Å²) in [6, 6.07) is 9.12. The summed E-state index contributed by atoms with van der Waals surface area (Å²) in [5, 5.41) is 0. The van der Waals surface area contributed by atoms with Gasteiger partial charge in [-0.1, -0.05) is 18.2 Å². The molecule has 0 unspecified atom stereocenters. The Morgan fingerprint density at radius 3 is 2.56 bits per heavy atom. The Hall–Kier alpha value is -2.43. The maximum absolute atomic E-state index is 12.1. The normalized spacial score (nSPS) is 10.1. The average Bonchev–Trinajstić information content (AvgIpc) is 2.38. The maximum Gasteiger partial charge on any atom is 0.265 e. The molecule has 5 heteroatoms. The summed E-state index contributed by atoms with van der Waals surface area (Å²) in [5.41, 5.74) is 0.338. The Bertz CT molecular complexity index is 620. The summed E-state index contributed by atoms with van der Waals surface area (Å²) in [6.45, 7) is 1.66. The van der Waals surface area contributed by atoms with Crippen molar-refractivity contribution in [1.82, 2.24) is 9.97 Å². The number of aromatic amines is 1. The number of H-pyrrole nitrogens is 1. The summed E-state index contributed by atoms with van der Waals surface area (Å²) in [6.07, 6.45) is 1.30. The molecule has 1 aromatic carbocycles. The molecule has 1 aromatic heterocycles. The molecule has 92 valence electrons. The van der Waals surface area contributed by atoms with Gasteiger partial charge >= 0.3 is 0 Å². The van der Waals surface area contributed by atoms with E-state index in [4.69, 9.17) is 0 Å². The van der Waals surface area contributed by atoms with E-state index < -0.39 is 5.56 Å². The molecule has 0 aliphatic heterocycles. The number of hydrogen-bond acceptors (Lipinski definition) is 3. The van der Waals surface area contributed by atoms with Gasteiger partial charge in [-0.15, -0.1) is 0 Å². The molecule has 18 heavy (non-hydrogen) atoms. The van der Waals surface area contributed by atoms with E-state index in [1.165, 1.54) is 11.1 Å². The second-order valence-corrected chi connectivity index (χ2v) is 3.91. The fourth-order valence-corrected chi connectivity index (χ4v) is 1.59. The summed E-state index contributed by atoms with van der Waals surface area (Å²) in [7, 11) is 1.62. The first-order valence-electron chi connectivity index (χ1n) is 5.48. The van der Waals surface area contributed by atoms with Crippen molar-refractivity contribution in [2.75, 3.05) is 11.9 Å². The van der Waals surface area contributed by atoms with Crippen LogP contribution in [0.2, 0.25) is 0 Å². The maximum atomic E-state index is 12.1. The first kappa shape index (κ1) is 12.0. The summed E-state index contributed by atoms with van der Waals surface area (Å²) < 4.78 is 0. The van der Waals surface area contributed by atoms with E-state index >= 15 is 0 Å². The predicted molar refractivity (Wildman–Crippen MR) is 68.8 cm³/mol. The van der Waals surface area contributed by atoms with Crippen LogP contribution in [0.5, 0.6) is 0 Å². The topological polar surface area (TPSA) is 66.1 Å². The number of nitrogens with one attached hydrogen (secondary N) is 1. The molecule has 0 saturated carbocycles. The van der Waals surface area contributed by atoms with E-state index in [2.05, 4.69) is 9.97 Å². The van der Waals surface area contributed by atoms with Crippen molar-refractivity contribution in [3.8, 4) is 0 Å². The monoisotopic (exact) mass is 243 g/mol. The zero-order valence-corrected chi connectivity index (χ0v) is 10.2. The summed E-state index contributed by atoms with van der Waals surface area (Å²) in [4.78, 5) is 31.7. The van der Waals surface area contributed by atoms with Gasteiger partial charge in [-0.2, -0.15) is 0 Å². The lowest BCUT2D eigenvalue weighted by molar-refractivity contribution is 0.0991. The van der Waals surface area contributed by atoms with Gasteiger partial charge in [0.1, 0.15) is 11.4 Å². The van der Waals surface area contributed by atoms with Crippen LogP contribution in [0.4, 0.5) is 5.69 Å². The molecular formula is C13H13N3O2. The molecule has 0 aliphatic rings. The van der Waals surface area contributed by atoms with Gasteiger partial charge in [-0.05, 0) is 19.1 Å². The highest BCUT2D eigenvalue weighted by molar-refractivity contribution is 6.05. The molecule has 1 amide bonds. The molecule has 0 bridgehead atoms. The van der Waals surface area contributed by atoms with Gasteiger partial charge in [-0.3, -0.25) is 9.59 Å². The lowest BCUT2D eigenvalue weighted by Crippen LogP contribution is -2.32. The van der Waals surface area contributed by atoms with E-state index in [1.807, 2.05) is 18.2 Å². The van der Waals surface area contributed by atoms with Crippen LogP contribution < -0.4 is 10.5 Å². The molecule has 0 fully saturated rings. The molecule has 5 nitrogen and oxygen atoms in total. The van der Waals surface area contributed by atoms with Crippen LogP contribution in [0.15, 0.2) is 41.3 Å². The molecule has 1 N–H and O–H groups in total. The Balaban J connectivity index is 2.35. The Labute approximate surface area is 104 Å². The number of anilines is 1. The number of aryl methyl sites for hydroxylation is 1. The molecule has 2 aromatic rings. The van der Waals surface area contributed by atoms with Gasteiger partial charge in [0.15, 0.2) is 0 Å². The second-order valence-electron chi connectivity index (χ2n) is 3.91. The smallest absolute Gasteiger partial charge is 0.265 e. The first-order valence-corrected chi connectivity index (χ1v) is 5.48. The molecule has 0 radical (unpaired) electrons. The predicted octanol–water partition coefficient (Wildman–Crippen LogP) is 1.35. The number of hydrogen-bond donors (Lipinski definition) is 1. The largest absolute Gasteiger partial charge is 0.311 e. The van der Waals surface area contributed by atoms with E-state index in [-0.39, 0.29) is 11.5 Å². The van der Waals surface area contributed by atoms with Gasteiger partial charge in [0.05, 0.1) is 0 Å². The number of nitrogens with zero attached hydrogens (tertiary/aromatic N) is 2. The fraction of sp³-hybridized carbons (Fsp3) is 0.154. The number of carbonyl (C=O) groups is 1. The standard InChI is InChI=1S/C13H13N3O2/c1-9-14-8-11(12(17)15-9)13(18)16(2)10-6-4-3-5-7-10/h3-8H,1-2H3,(H,14,15,17).